The Balaban J connectivity index is 2.29. The van der Waals surface area contributed by atoms with Gasteiger partial charge in [-0.05, 0) is 25.0 Å². The van der Waals surface area contributed by atoms with Gasteiger partial charge in [-0.25, -0.2) is 8.78 Å². The van der Waals surface area contributed by atoms with Crippen LogP contribution in [0.15, 0.2) is 16.5 Å². The van der Waals surface area contributed by atoms with Crippen molar-refractivity contribution in [1.29, 1.82) is 0 Å². The molecule has 0 aromatic carbocycles. The Morgan fingerprint density at radius 1 is 1.64 bits per heavy atom. The highest BCUT2D eigenvalue weighted by molar-refractivity contribution is 5.89. The summed E-state index contributed by atoms with van der Waals surface area (Å²) in [4.78, 5) is 10.6. The zero-order valence-electron chi connectivity index (χ0n) is 7.30. The van der Waals surface area contributed by atoms with Gasteiger partial charge in [0.05, 0.1) is 0 Å². The lowest BCUT2D eigenvalue weighted by Gasteiger charge is -2.35. The minimum Gasteiger partial charge on any atom is -0.452 e. The maximum Gasteiger partial charge on any atom is 0.284 e. The SMILES string of the molecule is NC(=O)c1ccc(C2(F)CCC2F)o1. The average Bonchev–Trinajstić information content (AvgIpc) is 2.63. The molecular weight excluding hydrogens is 192 g/mol. The third-order valence-corrected chi connectivity index (χ3v) is 2.52. The summed E-state index contributed by atoms with van der Waals surface area (Å²) in [7, 11) is 0. The van der Waals surface area contributed by atoms with Crippen LogP contribution >= 0.6 is 0 Å². The number of halogens is 2. The molecule has 0 radical (unpaired) electrons. The number of primary amides is 1. The second-order valence-electron chi connectivity index (χ2n) is 3.40. The molecule has 0 aliphatic heterocycles. The zero-order valence-corrected chi connectivity index (χ0v) is 7.30. The van der Waals surface area contributed by atoms with Crippen molar-refractivity contribution in [2.45, 2.75) is 24.7 Å². The number of carbonyl (C=O) groups is 1. The van der Waals surface area contributed by atoms with E-state index in [0.717, 1.165) is 0 Å². The number of rotatable bonds is 2. The second kappa shape index (κ2) is 2.80. The van der Waals surface area contributed by atoms with E-state index in [4.69, 9.17) is 10.2 Å². The van der Waals surface area contributed by atoms with Gasteiger partial charge in [-0.2, -0.15) is 0 Å². The molecule has 1 aromatic rings. The lowest BCUT2D eigenvalue weighted by molar-refractivity contribution is -0.0588. The Hall–Kier alpha value is -1.39. The van der Waals surface area contributed by atoms with Gasteiger partial charge >= 0.3 is 0 Å². The first-order chi connectivity index (χ1) is 6.54. The molecule has 1 aromatic heterocycles. The van der Waals surface area contributed by atoms with Crippen LogP contribution in [0.2, 0.25) is 0 Å². The minimum absolute atomic E-state index is 0.0832. The van der Waals surface area contributed by atoms with Gasteiger partial charge in [-0.3, -0.25) is 4.79 Å². The van der Waals surface area contributed by atoms with Gasteiger partial charge in [0, 0.05) is 0 Å². The van der Waals surface area contributed by atoms with Crippen molar-refractivity contribution in [3.05, 3.63) is 23.7 Å². The minimum atomic E-state index is -2.06. The van der Waals surface area contributed by atoms with Crippen LogP contribution < -0.4 is 5.73 Å². The molecule has 1 fully saturated rings. The lowest BCUT2D eigenvalue weighted by atomic mass is 9.78. The van der Waals surface area contributed by atoms with Gasteiger partial charge in [-0.1, -0.05) is 0 Å². The monoisotopic (exact) mass is 201 g/mol. The van der Waals surface area contributed by atoms with Gasteiger partial charge in [0.2, 0.25) is 0 Å². The summed E-state index contributed by atoms with van der Waals surface area (Å²) >= 11 is 0. The van der Waals surface area contributed by atoms with Gasteiger partial charge in [0.15, 0.2) is 11.4 Å². The molecular formula is C9H9F2NO2. The van der Waals surface area contributed by atoms with E-state index in [-0.39, 0.29) is 24.4 Å². The maximum absolute atomic E-state index is 13.7. The molecule has 1 aliphatic rings. The number of carbonyl (C=O) groups excluding carboxylic acids is 1. The van der Waals surface area contributed by atoms with Crippen LogP contribution in [0, 0.1) is 0 Å². The van der Waals surface area contributed by atoms with E-state index in [1.807, 2.05) is 0 Å². The standard InChI is InChI=1S/C9H9F2NO2/c10-6-3-4-9(6,11)7-2-1-5(14-7)8(12)13/h1-2,6H,3-4H2,(H2,12,13). The van der Waals surface area contributed by atoms with Gasteiger partial charge in [-0.15, -0.1) is 0 Å². The average molecular weight is 201 g/mol. The fourth-order valence-electron chi connectivity index (χ4n) is 1.48. The van der Waals surface area contributed by atoms with Crippen LogP contribution in [0.1, 0.15) is 29.2 Å². The molecule has 2 atom stereocenters. The van der Waals surface area contributed by atoms with Crippen LogP contribution in [0.3, 0.4) is 0 Å². The number of hydrogen-bond donors (Lipinski definition) is 1. The fraction of sp³-hybridized carbons (Fsp3) is 0.444. The molecule has 1 amide bonds. The normalized spacial score (nSPS) is 31.1. The lowest BCUT2D eigenvalue weighted by Crippen LogP contribution is -2.41. The van der Waals surface area contributed by atoms with Crippen LogP contribution in [0.5, 0.6) is 0 Å². The van der Waals surface area contributed by atoms with E-state index in [1.54, 1.807) is 0 Å². The summed E-state index contributed by atoms with van der Waals surface area (Å²) in [6.07, 6.45) is -1.28. The predicted molar refractivity (Wildman–Crippen MR) is 44.1 cm³/mol. The molecule has 2 unspecified atom stereocenters. The van der Waals surface area contributed by atoms with E-state index in [9.17, 15) is 13.6 Å². The summed E-state index contributed by atoms with van der Waals surface area (Å²) < 4.78 is 31.4. The molecule has 76 valence electrons. The van der Waals surface area contributed by atoms with Gasteiger partial charge in [0.1, 0.15) is 11.9 Å². The largest absolute Gasteiger partial charge is 0.452 e. The number of hydrogen-bond acceptors (Lipinski definition) is 2. The highest BCUT2D eigenvalue weighted by Gasteiger charge is 2.52. The molecule has 1 heterocycles. The summed E-state index contributed by atoms with van der Waals surface area (Å²) in [6.45, 7) is 0. The van der Waals surface area contributed by atoms with E-state index in [2.05, 4.69) is 0 Å². The first-order valence-electron chi connectivity index (χ1n) is 4.27. The Bertz CT molecular complexity index is 377. The number of nitrogens with two attached hydrogens (primary N) is 1. The molecule has 0 bridgehead atoms. The topological polar surface area (TPSA) is 56.2 Å². The Labute approximate surface area is 78.9 Å². The predicted octanol–water partition coefficient (Wildman–Crippen LogP) is 1.68. The van der Waals surface area contributed by atoms with E-state index in [0.29, 0.717) is 0 Å². The fourth-order valence-corrected chi connectivity index (χ4v) is 1.48. The van der Waals surface area contributed by atoms with Gasteiger partial charge in [0.25, 0.3) is 5.91 Å². The number of alkyl halides is 2. The molecule has 1 saturated carbocycles. The highest BCUT2D eigenvalue weighted by atomic mass is 19.2. The highest BCUT2D eigenvalue weighted by Crippen LogP contribution is 2.47. The first kappa shape index (κ1) is 9.18. The number of furan rings is 1. The molecule has 5 heteroatoms. The van der Waals surface area contributed by atoms with Crippen molar-refractivity contribution in [2.24, 2.45) is 5.73 Å². The quantitative estimate of drug-likeness (QED) is 0.791. The first-order valence-corrected chi connectivity index (χ1v) is 4.27. The zero-order chi connectivity index (χ0) is 10.3. The molecule has 0 spiro atoms. The van der Waals surface area contributed by atoms with Crippen molar-refractivity contribution in [3.8, 4) is 0 Å². The molecule has 3 nitrogen and oxygen atoms in total. The van der Waals surface area contributed by atoms with E-state index >= 15 is 0 Å². The van der Waals surface area contributed by atoms with Crippen LogP contribution in [0.25, 0.3) is 0 Å². The third kappa shape index (κ3) is 1.12. The second-order valence-corrected chi connectivity index (χ2v) is 3.40. The molecule has 2 N–H and O–H groups in total. The van der Waals surface area contributed by atoms with Crippen LogP contribution in [-0.4, -0.2) is 12.1 Å². The van der Waals surface area contributed by atoms with Crippen molar-refractivity contribution in [1.82, 2.24) is 0 Å². The van der Waals surface area contributed by atoms with E-state index in [1.165, 1.54) is 12.1 Å². The Kier molecular flexibility index (Phi) is 1.83. The number of amides is 1. The van der Waals surface area contributed by atoms with Crippen molar-refractivity contribution in [2.75, 3.05) is 0 Å². The summed E-state index contributed by atoms with van der Waals surface area (Å²) in [5.41, 5.74) is 2.85. The molecule has 1 aliphatic carbocycles. The van der Waals surface area contributed by atoms with Crippen molar-refractivity contribution >= 4 is 5.91 Å². The summed E-state index contributed by atoms with van der Waals surface area (Å²) in [5, 5.41) is 0. The van der Waals surface area contributed by atoms with Crippen molar-refractivity contribution in [3.63, 3.8) is 0 Å². The maximum atomic E-state index is 13.7. The molecule has 14 heavy (non-hydrogen) atoms. The van der Waals surface area contributed by atoms with E-state index < -0.39 is 17.7 Å². The Morgan fingerprint density at radius 2 is 2.36 bits per heavy atom. The molecule has 2 rings (SSSR count). The summed E-state index contributed by atoms with van der Waals surface area (Å²) in [5.74, 6) is -1.07. The summed E-state index contributed by atoms with van der Waals surface area (Å²) in [6, 6.07) is 2.51. The van der Waals surface area contributed by atoms with Crippen molar-refractivity contribution < 1.29 is 18.0 Å². The Morgan fingerprint density at radius 3 is 2.71 bits per heavy atom. The van der Waals surface area contributed by atoms with Gasteiger partial charge < -0.3 is 10.2 Å². The smallest absolute Gasteiger partial charge is 0.284 e. The third-order valence-electron chi connectivity index (χ3n) is 2.52. The molecule has 0 saturated heterocycles. The van der Waals surface area contributed by atoms with Crippen LogP contribution in [0.4, 0.5) is 8.78 Å². The van der Waals surface area contributed by atoms with Crippen LogP contribution in [-0.2, 0) is 5.67 Å².